The maximum Gasteiger partial charge on any atom is 0.277 e. The number of Topliss-reactive ketones (excluding diaryl/α,β-unsaturated/α-hetero) is 1. The van der Waals surface area contributed by atoms with Crippen molar-refractivity contribution in [2.24, 2.45) is 0 Å². The third kappa shape index (κ3) is 2.51. The van der Waals surface area contributed by atoms with E-state index in [0.29, 0.717) is 17.8 Å². The lowest BCUT2D eigenvalue weighted by molar-refractivity contribution is -0.116. The zero-order valence-corrected chi connectivity index (χ0v) is 15.7. The number of rotatable bonds is 2. The quantitative estimate of drug-likeness (QED) is 0.707. The highest BCUT2D eigenvalue weighted by Crippen LogP contribution is 2.45. The number of aryl methyl sites for hydroxylation is 1. The number of nitrogens with one attached hydrogen (secondary N) is 2. The van der Waals surface area contributed by atoms with Crippen LogP contribution in [0.5, 0.6) is 0 Å². The Morgan fingerprint density at radius 2 is 1.89 bits per heavy atom. The number of aromatic amines is 1. The highest BCUT2D eigenvalue weighted by Gasteiger charge is 2.39. The number of aromatic nitrogens is 2. The van der Waals surface area contributed by atoms with Crippen LogP contribution in [0.3, 0.4) is 0 Å². The normalized spacial score (nSPS) is 18.9. The number of fused-ring (bicyclic) bond motifs is 1. The van der Waals surface area contributed by atoms with E-state index in [4.69, 9.17) is 0 Å². The Morgan fingerprint density at radius 1 is 1.07 bits per heavy atom. The number of ketones is 1. The largest absolute Gasteiger partial charge is 0.343 e. The van der Waals surface area contributed by atoms with Crippen LogP contribution in [0.15, 0.2) is 58.5 Å². The lowest BCUT2D eigenvalue weighted by Crippen LogP contribution is -2.29. The van der Waals surface area contributed by atoms with Crippen LogP contribution in [0, 0.1) is 6.92 Å². The van der Waals surface area contributed by atoms with Crippen molar-refractivity contribution in [3.05, 3.63) is 79.4 Å². The van der Waals surface area contributed by atoms with Crippen molar-refractivity contribution in [1.29, 1.82) is 0 Å². The molecule has 0 saturated heterocycles. The second-order valence-corrected chi connectivity index (χ2v) is 8.37. The fourth-order valence-electron chi connectivity index (χ4n) is 4.09. The fraction of sp³-hybridized carbons (Fsp3) is 0.238. The average molecular weight is 377 g/mol. The molecule has 2 aromatic heterocycles. The number of hydrogen-bond acceptors (Lipinski definition) is 4. The molecule has 5 nitrogen and oxygen atoms in total. The molecule has 1 atom stereocenters. The minimum atomic E-state index is -0.295. The van der Waals surface area contributed by atoms with Crippen LogP contribution in [0.25, 0.3) is 5.69 Å². The molecule has 2 aliphatic rings. The van der Waals surface area contributed by atoms with E-state index in [1.165, 1.54) is 4.88 Å². The average Bonchev–Trinajstić information content (AvgIpc) is 3.25. The van der Waals surface area contributed by atoms with Gasteiger partial charge in [0, 0.05) is 27.4 Å². The number of benzene rings is 1. The topological polar surface area (TPSA) is 66.9 Å². The standard InChI is InChI=1S/C21H19N3O2S/c1-12-10-11-16(27-12)18-17-14(8-5-9-15(17)25)22-20-19(18)21(26)24(23-20)13-6-3-2-4-7-13/h2-4,6-7,10-11,18,22-23H,5,8-9H2,1H3/t18-/m0/s1. The number of thiophene rings is 1. The van der Waals surface area contributed by atoms with E-state index < -0.39 is 0 Å². The highest BCUT2D eigenvalue weighted by atomic mass is 32.1. The molecule has 0 unspecified atom stereocenters. The molecule has 2 N–H and O–H groups in total. The van der Waals surface area contributed by atoms with Gasteiger partial charge in [-0.15, -0.1) is 11.3 Å². The van der Waals surface area contributed by atoms with E-state index in [-0.39, 0.29) is 17.3 Å². The summed E-state index contributed by atoms with van der Waals surface area (Å²) < 4.78 is 1.56. The van der Waals surface area contributed by atoms with Gasteiger partial charge in [-0.05, 0) is 44.0 Å². The third-order valence-electron chi connectivity index (χ3n) is 5.30. The minimum Gasteiger partial charge on any atom is -0.343 e. The number of para-hydroxylation sites is 1. The van der Waals surface area contributed by atoms with Crippen molar-refractivity contribution in [3.8, 4) is 5.69 Å². The Bertz CT molecular complexity index is 1130. The van der Waals surface area contributed by atoms with E-state index in [9.17, 15) is 9.59 Å². The summed E-state index contributed by atoms with van der Waals surface area (Å²) in [6.45, 7) is 2.05. The highest BCUT2D eigenvalue weighted by molar-refractivity contribution is 7.12. The lowest BCUT2D eigenvalue weighted by atomic mass is 9.79. The van der Waals surface area contributed by atoms with Crippen LogP contribution in [0.1, 0.15) is 40.5 Å². The summed E-state index contributed by atoms with van der Waals surface area (Å²) in [6.07, 6.45) is 2.23. The Kier molecular flexibility index (Phi) is 3.68. The predicted octanol–water partition coefficient (Wildman–Crippen LogP) is 4.10. The summed E-state index contributed by atoms with van der Waals surface area (Å²) in [4.78, 5) is 28.4. The number of hydrogen-bond donors (Lipinski definition) is 2. The number of H-pyrrole nitrogens is 1. The first-order chi connectivity index (χ1) is 13.1. The number of allylic oxidation sites excluding steroid dienone is 2. The van der Waals surface area contributed by atoms with Crippen LogP contribution in [-0.2, 0) is 4.79 Å². The molecule has 0 radical (unpaired) electrons. The monoisotopic (exact) mass is 377 g/mol. The Balaban J connectivity index is 1.75. The summed E-state index contributed by atoms with van der Waals surface area (Å²) >= 11 is 1.65. The molecule has 3 aromatic rings. The van der Waals surface area contributed by atoms with Gasteiger partial charge in [0.1, 0.15) is 5.82 Å². The van der Waals surface area contributed by atoms with Crippen LogP contribution < -0.4 is 10.9 Å². The molecule has 27 heavy (non-hydrogen) atoms. The van der Waals surface area contributed by atoms with Crippen molar-refractivity contribution in [3.63, 3.8) is 0 Å². The minimum absolute atomic E-state index is 0.107. The number of carbonyl (C=O) groups excluding carboxylic acids is 1. The molecule has 1 aliphatic carbocycles. The van der Waals surface area contributed by atoms with E-state index in [2.05, 4.69) is 16.5 Å². The molecular weight excluding hydrogens is 358 g/mol. The van der Waals surface area contributed by atoms with Gasteiger partial charge >= 0.3 is 0 Å². The van der Waals surface area contributed by atoms with Crippen molar-refractivity contribution in [1.82, 2.24) is 9.78 Å². The lowest BCUT2D eigenvalue weighted by Gasteiger charge is -2.30. The maximum atomic E-state index is 13.3. The zero-order valence-electron chi connectivity index (χ0n) is 14.9. The van der Waals surface area contributed by atoms with Crippen molar-refractivity contribution in [2.75, 3.05) is 5.32 Å². The third-order valence-corrected chi connectivity index (χ3v) is 6.36. The van der Waals surface area contributed by atoms with Crippen LogP contribution in [-0.4, -0.2) is 15.6 Å². The molecule has 5 rings (SSSR count). The van der Waals surface area contributed by atoms with Crippen molar-refractivity contribution < 1.29 is 4.79 Å². The summed E-state index contributed by atoms with van der Waals surface area (Å²) in [5.74, 6) is 0.558. The van der Waals surface area contributed by atoms with Gasteiger partial charge in [-0.2, -0.15) is 0 Å². The van der Waals surface area contributed by atoms with Crippen molar-refractivity contribution >= 4 is 22.9 Å². The molecule has 0 fully saturated rings. The molecule has 6 heteroatoms. The molecule has 3 heterocycles. The van der Waals surface area contributed by atoms with Crippen LogP contribution in [0.4, 0.5) is 5.82 Å². The van der Waals surface area contributed by atoms with E-state index in [1.807, 2.05) is 43.3 Å². The zero-order chi connectivity index (χ0) is 18.5. The van der Waals surface area contributed by atoms with E-state index in [0.717, 1.165) is 34.7 Å². The fourth-order valence-corrected chi connectivity index (χ4v) is 5.09. The first kappa shape index (κ1) is 16.3. The summed E-state index contributed by atoms with van der Waals surface area (Å²) in [6, 6.07) is 13.6. The Labute approximate surface area is 160 Å². The first-order valence-corrected chi connectivity index (χ1v) is 9.95. The summed E-state index contributed by atoms with van der Waals surface area (Å²) in [5.41, 5.74) is 3.03. The molecule has 0 bridgehead atoms. The van der Waals surface area contributed by atoms with Gasteiger partial charge in [-0.3, -0.25) is 14.7 Å². The smallest absolute Gasteiger partial charge is 0.277 e. The Hall–Kier alpha value is -2.86. The van der Waals surface area contributed by atoms with Gasteiger partial charge in [0.15, 0.2) is 5.78 Å². The second-order valence-electron chi connectivity index (χ2n) is 7.05. The van der Waals surface area contributed by atoms with Gasteiger partial charge in [-0.25, -0.2) is 4.68 Å². The molecule has 0 saturated carbocycles. The van der Waals surface area contributed by atoms with Crippen LogP contribution >= 0.6 is 11.3 Å². The van der Waals surface area contributed by atoms with Crippen molar-refractivity contribution in [2.45, 2.75) is 32.1 Å². The van der Waals surface area contributed by atoms with Gasteiger partial charge in [0.05, 0.1) is 17.2 Å². The molecule has 1 aromatic carbocycles. The molecule has 1 aliphatic heterocycles. The van der Waals surface area contributed by atoms with Gasteiger partial charge in [0.2, 0.25) is 0 Å². The molecule has 0 amide bonds. The van der Waals surface area contributed by atoms with Crippen LogP contribution in [0.2, 0.25) is 0 Å². The predicted molar refractivity (Wildman–Crippen MR) is 107 cm³/mol. The second kappa shape index (κ2) is 6.09. The van der Waals surface area contributed by atoms with Gasteiger partial charge in [-0.1, -0.05) is 18.2 Å². The Morgan fingerprint density at radius 3 is 2.63 bits per heavy atom. The molecule has 136 valence electrons. The number of carbonyl (C=O) groups is 1. The molecule has 0 spiro atoms. The summed E-state index contributed by atoms with van der Waals surface area (Å²) in [7, 11) is 0. The van der Waals surface area contributed by atoms with Gasteiger partial charge < -0.3 is 5.32 Å². The van der Waals surface area contributed by atoms with Gasteiger partial charge in [0.25, 0.3) is 5.56 Å². The first-order valence-electron chi connectivity index (χ1n) is 9.13. The summed E-state index contributed by atoms with van der Waals surface area (Å²) in [5, 5.41) is 6.58. The van der Waals surface area contributed by atoms with E-state index >= 15 is 0 Å². The number of nitrogens with zero attached hydrogens (tertiary/aromatic N) is 1. The maximum absolute atomic E-state index is 13.3. The van der Waals surface area contributed by atoms with E-state index in [1.54, 1.807) is 16.0 Å². The molecular formula is C21H19N3O2S. The number of anilines is 1. The SMILES string of the molecule is Cc1ccc([C@H]2C3=C(CCCC3=O)Nc3[nH]n(-c4ccccc4)c(=O)c32)s1.